The molecule has 7 heteroatoms. The summed E-state index contributed by atoms with van der Waals surface area (Å²) in [4.78, 5) is 10.3. The number of rotatable bonds is 20. The van der Waals surface area contributed by atoms with E-state index in [2.05, 4.69) is 6.92 Å². The first-order valence-corrected chi connectivity index (χ1v) is 11.3. The Hall–Kier alpha value is -0.730. The number of hydrogen-bond donors (Lipinski definition) is 5. The van der Waals surface area contributed by atoms with Crippen LogP contribution in [0, 0.1) is 0 Å². The molecular weight excluding hydrogens is 376 g/mol. The lowest BCUT2D eigenvalue weighted by atomic mass is 10.0. The highest BCUT2D eigenvalue weighted by Gasteiger charge is 2.05. The Bertz CT molecular complexity index is 316. The summed E-state index contributed by atoms with van der Waals surface area (Å²) in [6, 6.07) is 0. The first-order valence-electron chi connectivity index (χ1n) is 11.3. The predicted octanol–water partition coefficient (Wildman–Crippen LogP) is 3.26. The number of aliphatic hydroxyl groups is 4. The molecule has 0 aromatic carbocycles. The number of unbranched alkanes of at least 4 members (excludes halogenated alkanes) is 12. The number of carboxylic acid groups (broad SMARTS) is 1. The summed E-state index contributed by atoms with van der Waals surface area (Å²) >= 11 is 0. The van der Waals surface area contributed by atoms with E-state index < -0.39 is 18.2 Å². The number of hydrogen-bond acceptors (Lipinski definition) is 6. The van der Waals surface area contributed by atoms with E-state index in [1.165, 1.54) is 70.6 Å². The molecule has 0 aliphatic carbocycles. The van der Waals surface area contributed by atoms with Crippen LogP contribution >= 0.6 is 0 Å². The van der Waals surface area contributed by atoms with Crippen molar-refractivity contribution in [2.45, 2.75) is 109 Å². The van der Waals surface area contributed by atoms with Crippen LogP contribution in [-0.4, -0.2) is 70.1 Å². The van der Waals surface area contributed by atoms with Gasteiger partial charge >= 0.3 is 5.97 Å². The van der Waals surface area contributed by atoms with Gasteiger partial charge in [-0.3, -0.25) is 4.79 Å². The van der Waals surface area contributed by atoms with E-state index in [9.17, 15) is 4.79 Å². The van der Waals surface area contributed by atoms with E-state index in [0.29, 0.717) is 6.42 Å². The molecule has 29 heavy (non-hydrogen) atoms. The molecule has 0 saturated heterocycles. The fourth-order valence-corrected chi connectivity index (χ4v) is 2.74. The molecule has 0 rings (SSSR count). The van der Waals surface area contributed by atoms with E-state index in [1.807, 2.05) is 0 Å². The van der Waals surface area contributed by atoms with Crippen molar-refractivity contribution in [3.63, 3.8) is 0 Å². The van der Waals surface area contributed by atoms with Crippen molar-refractivity contribution in [3.8, 4) is 0 Å². The molecule has 0 aromatic heterocycles. The Morgan fingerprint density at radius 2 is 1.03 bits per heavy atom. The summed E-state index contributed by atoms with van der Waals surface area (Å²) in [6.07, 6.45) is 15.4. The van der Waals surface area contributed by atoms with Crippen LogP contribution in [0.15, 0.2) is 0 Å². The summed E-state index contributed by atoms with van der Waals surface area (Å²) in [5.41, 5.74) is 0. The Morgan fingerprint density at radius 1 is 0.690 bits per heavy atom. The maximum absolute atomic E-state index is 10.3. The minimum atomic E-state index is -0.916. The monoisotopic (exact) mass is 422 g/mol. The van der Waals surface area contributed by atoms with Gasteiger partial charge in [0.15, 0.2) is 0 Å². The number of aliphatic hydroxyl groups excluding tert-OH is 4. The standard InChI is InChI=1S/C16H32O2.C6H14O5/c1-2-3-4-5-6-7-8-9-10-11-12-13-14-15-16(17)18;7-1-5(9)3-11-4-6(10)2-8/h2-15H2,1H3,(H,17,18);5-10H,1-4H2. The molecule has 0 spiro atoms. The molecule has 5 N–H and O–H groups in total. The van der Waals surface area contributed by atoms with Gasteiger partial charge in [0.05, 0.1) is 26.4 Å². The van der Waals surface area contributed by atoms with E-state index in [4.69, 9.17) is 30.3 Å². The third-order valence-corrected chi connectivity index (χ3v) is 4.54. The van der Waals surface area contributed by atoms with Gasteiger partial charge in [0.2, 0.25) is 0 Å². The van der Waals surface area contributed by atoms with Crippen LogP contribution in [0.3, 0.4) is 0 Å². The number of carbonyl (C=O) groups is 1. The zero-order chi connectivity index (χ0) is 22.2. The van der Waals surface area contributed by atoms with Crippen LogP contribution in [0.4, 0.5) is 0 Å². The molecule has 0 bridgehead atoms. The maximum Gasteiger partial charge on any atom is 0.303 e. The highest BCUT2D eigenvalue weighted by molar-refractivity contribution is 5.66. The lowest BCUT2D eigenvalue weighted by molar-refractivity contribution is -0.137. The van der Waals surface area contributed by atoms with Crippen LogP contribution in [0.1, 0.15) is 96.8 Å². The fraction of sp³-hybridized carbons (Fsp3) is 0.955. The fourth-order valence-electron chi connectivity index (χ4n) is 2.74. The number of ether oxygens (including phenoxy) is 1. The molecule has 0 aromatic rings. The van der Waals surface area contributed by atoms with Crippen molar-refractivity contribution in [1.29, 1.82) is 0 Å². The average molecular weight is 423 g/mol. The molecule has 0 aliphatic heterocycles. The van der Waals surface area contributed by atoms with Gasteiger partial charge in [0.25, 0.3) is 0 Å². The van der Waals surface area contributed by atoms with E-state index >= 15 is 0 Å². The summed E-state index contributed by atoms with van der Waals surface area (Å²) in [5, 5.41) is 42.6. The average Bonchev–Trinajstić information content (AvgIpc) is 2.71. The quantitative estimate of drug-likeness (QED) is 0.191. The maximum atomic E-state index is 10.3. The second kappa shape index (κ2) is 25.3. The molecule has 0 radical (unpaired) electrons. The Morgan fingerprint density at radius 3 is 1.34 bits per heavy atom. The zero-order valence-electron chi connectivity index (χ0n) is 18.4. The van der Waals surface area contributed by atoms with E-state index in [0.717, 1.165) is 12.8 Å². The van der Waals surface area contributed by atoms with Gasteiger partial charge < -0.3 is 30.3 Å². The normalized spacial score (nSPS) is 12.9. The second-order valence-corrected chi connectivity index (χ2v) is 7.60. The van der Waals surface area contributed by atoms with Gasteiger partial charge in [0, 0.05) is 6.42 Å². The smallest absolute Gasteiger partial charge is 0.303 e. The van der Waals surface area contributed by atoms with Gasteiger partial charge in [-0.15, -0.1) is 0 Å². The Balaban J connectivity index is 0. The van der Waals surface area contributed by atoms with E-state index in [1.54, 1.807) is 0 Å². The van der Waals surface area contributed by atoms with Crippen LogP contribution in [0.5, 0.6) is 0 Å². The number of carboxylic acids is 1. The Labute approximate surface area is 177 Å². The second-order valence-electron chi connectivity index (χ2n) is 7.60. The molecule has 2 unspecified atom stereocenters. The summed E-state index contributed by atoms with van der Waals surface area (Å²) in [5.74, 6) is -0.655. The SMILES string of the molecule is CCCCCCCCCCCCCCCC(=O)O.OCC(O)COCC(O)CO. The molecule has 0 heterocycles. The lowest BCUT2D eigenvalue weighted by Crippen LogP contribution is -2.25. The van der Waals surface area contributed by atoms with Crippen molar-refractivity contribution in [2.24, 2.45) is 0 Å². The molecule has 7 nitrogen and oxygen atoms in total. The van der Waals surface area contributed by atoms with Crippen LogP contribution in [-0.2, 0) is 9.53 Å². The minimum absolute atomic E-state index is 0.0342. The van der Waals surface area contributed by atoms with Crippen LogP contribution in [0.25, 0.3) is 0 Å². The predicted molar refractivity (Wildman–Crippen MR) is 115 cm³/mol. The molecule has 0 amide bonds. The summed E-state index contributed by atoms with van der Waals surface area (Å²) < 4.78 is 4.72. The first-order chi connectivity index (χ1) is 14.0. The van der Waals surface area contributed by atoms with Gasteiger partial charge in [0.1, 0.15) is 12.2 Å². The van der Waals surface area contributed by atoms with Crippen LogP contribution < -0.4 is 0 Å². The molecule has 2 atom stereocenters. The van der Waals surface area contributed by atoms with Gasteiger partial charge in [-0.05, 0) is 6.42 Å². The van der Waals surface area contributed by atoms with Gasteiger partial charge in [-0.2, -0.15) is 0 Å². The molecular formula is C22H46O7. The van der Waals surface area contributed by atoms with Gasteiger partial charge in [-0.1, -0.05) is 84.0 Å². The van der Waals surface area contributed by atoms with Gasteiger partial charge in [-0.25, -0.2) is 0 Å². The van der Waals surface area contributed by atoms with Crippen molar-refractivity contribution in [3.05, 3.63) is 0 Å². The molecule has 0 aliphatic rings. The van der Waals surface area contributed by atoms with Crippen molar-refractivity contribution < 1.29 is 35.1 Å². The zero-order valence-corrected chi connectivity index (χ0v) is 18.4. The van der Waals surface area contributed by atoms with E-state index in [-0.39, 0.29) is 26.4 Å². The third kappa shape index (κ3) is 29.6. The highest BCUT2D eigenvalue weighted by Crippen LogP contribution is 2.12. The largest absolute Gasteiger partial charge is 0.481 e. The molecule has 0 saturated carbocycles. The topological polar surface area (TPSA) is 127 Å². The first kappa shape index (κ1) is 30.5. The Kier molecular flexibility index (Phi) is 26.6. The minimum Gasteiger partial charge on any atom is -0.481 e. The number of aliphatic carboxylic acids is 1. The molecule has 176 valence electrons. The highest BCUT2D eigenvalue weighted by atomic mass is 16.5. The lowest BCUT2D eigenvalue weighted by Gasteiger charge is -2.10. The van der Waals surface area contributed by atoms with Crippen LogP contribution in [0.2, 0.25) is 0 Å². The van der Waals surface area contributed by atoms with Crippen molar-refractivity contribution in [2.75, 3.05) is 26.4 Å². The third-order valence-electron chi connectivity index (χ3n) is 4.54. The molecule has 0 fully saturated rings. The summed E-state index contributed by atoms with van der Waals surface area (Å²) in [6.45, 7) is 1.46. The van der Waals surface area contributed by atoms with Crippen molar-refractivity contribution >= 4 is 5.97 Å². The summed E-state index contributed by atoms with van der Waals surface area (Å²) in [7, 11) is 0. The van der Waals surface area contributed by atoms with Crippen molar-refractivity contribution in [1.82, 2.24) is 0 Å².